The molecule has 3 heterocycles. The number of likely N-dealkylation sites (tertiary alicyclic amines) is 1. The summed E-state index contributed by atoms with van der Waals surface area (Å²) in [5.74, 6) is 0.884. The first-order chi connectivity index (χ1) is 13.7. The van der Waals surface area contributed by atoms with E-state index < -0.39 is 0 Å². The number of hydrogen-bond acceptors (Lipinski definition) is 3. The molecule has 5 nitrogen and oxygen atoms in total. The van der Waals surface area contributed by atoms with Crippen molar-refractivity contribution in [1.29, 1.82) is 0 Å². The molecule has 5 rings (SSSR count). The molecule has 0 spiro atoms. The highest BCUT2D eigenvalue weighted by molar-refractivity contribution is 5.98. The quantitative estimate of drug-likeness (QED) is 0.763. The van der Waals surface area contributed by atoms with E-state index in [1.165, 1.54) is 11.1 Å². The first-order valence-electron chi connectivity index (χ1n) is 9.98. The summed E-state index contributed by atoms with van der Waals surface area (Å²) in [6.07, 6.45) is 2.15. The van der Waals surface area contributed by atoms with Gasteiger partial charge in [-0.05, 0) is 42.2 Å². The van der Waals surface area contributed by atoms with Gasteiger partial charge in [0.2, 0.25) is 0 Å². The number of H-pyrrole nitrogens is 1. The molecular formula is C23H25N3O2. The van der Waals surface area contributed by atoms with Crippen LogP contribution in [0.2, 0.25) is 0 Å². The van der Waals surface area contributed by atoms with E-state index >= 15 is 0 Å². The van der Waals surface area contributed by atoms with E-state index in [-0.39, 0.29) is 5.91 Å². The Morgan fingerprint density at radius 2 is 1.96 bits per heavy atom. The Bertz CT molecular complexity index is 1030. The largest absolute Gasteiger partial charge is 0.497 e. The van der Waals surface area contributed by atoms with Crippen LogP contribution in [0.5, 0.6) is 5.75 Å². The van der Waals surface area contributed by atoms with Gasteiger partial charge in [-0.3, -0.25) is 9.69 Å². The summed E-state index contributed by atoms with van der Waals surface area (Å²) in [5.41, 5.74) is 4.50. The van der Waals surface area contributed by atoms with E-state index in [4.69, 9.17) is 4.74 Å². The number of carbonyl (C=O) groups excluding carboxylic acids is 1. The average Bonchev–Trinajstić information content (AvgIpc) is 3.39. The van der Waals surface area contributed by atoms with Gasteiger partial charge >= 0.3 is 0 Å². The van der Waals surface area contributed by atoms with Crippen LogP contribution in [0.3, 0.4) is 0 Å². The zero-order valence-electron chi connectivity index (χ0n) is 16.1. The van der Waals surface area contributed by atoms with E-state index in [0.29, 0.717) is 11.7 Å². The molecule has 28 heavy (non-hydrogen) atoms. The highest BCUT2D eigenvalue weighted by atomic mass is 16.5. The van der Waals surface area contributed by atoms with Crippen LogP contribution in [0.25, 0.3) is 10.9 Å². The zero-order valence-corrected chi connectivity index (χ0v) is 16.1. The molecule has 144 valence electrons. The minimum atomic E-state index is 0.0927. The third-order valence-electron chi connectivity index (χ3n) is 6.19. The fourth-order valence-corrected chi connectivity index (χ4v) is 4.57. The van der Waals surface area contributed by atoms with Crippen molar-refractivity contribution >= 4 is 16.8 Å². The smallest absolute Gasteiger partial charge is 0.270 e. The number of hydrogen-bond donors (Lipinski definition) is 1. The molecule has 1 atom stereocenters. The van der Waals surface area contributed by atoms with Crippen LogP contribution in [-0.4, -0.2) is 53.5 Å². The van der Waals surface area contributed by atoms with Gasteiger partial charge in [0.15, 0.2) is 0 Å². The number of fused-ring (bicyclic) bond motifs is 2. The lowest BCUT2D eigenvalue weighted by Gasteiger charge is -2.33. The van der Waals surface area contributed by atoms with Crippen LogP contribution in [0.15, 0.2) is 48.5 Å². The molecule has 1 amide bonds. The predicted octanol–water partition coefficient (Wildman–Crippen LogP) is 3.45. The van der Waals surface area contributed by atoms with Gasteiger partial charge < -0.3 is 14.6 Å². The number of amides is 1. The summed E-state index contributed by atoms with van der Waals surface area (Å²) in [6.45, 7) is 3.70. The SMILES string of the molecule is COc1ccc2cc(C(=O)N3CCC(N4CCc5ccccc5C4)C3)[nH]c2c1. The number of aromatic amines is 1. The number of methoxy groups -OCH3 is 1. The normalized spacial score (nSPS) is 19.8. The van der Waals surface area contributed by atoms with Gasteiger partial charge in [-0.25, -0.2) is 0 Å². The van der Waals surface area contributed by atoms with Gasteiger partial charge in [0, 0.05) is 49.2 Å². The fourth-order valence-electron chi connectivity index (χ4n) is 4.57. The van der Waals surface area contributed by atoms with Crippen molar-refractivity contribution in [2.24, 2.45) is 0 Å². The standard InChI is InChI=1S/C23H25N3O2/c1-28-20-7-6-17-12-22(24-21(17)13-20)23(27)26-11-9-19(15-26)25-10-8-16-4-2-3-5-18(16)14-25/h2-7,12-13,19,24H,8-11,14-15H2,1H3. The lowest BCUT2D eigenvalue weighted by Crippen LogP contribution is -2.41. The third kappa shape index (κ3) is 3.06. The number of ether oxygens (including phenoxy) is 1. The Labute approximate surface area is 164 Å². The van der Waals surface area contributed by atoms with Gasteiger partial charge in [0.05, 0.1) is 7.11 Å². The number of nitrogens with zero attached hydrogens (tertiary/aromatic N) is 2. The molecule has 2 aromatic carbocycles. The van der Waals surface area contributed by atoms with Gasteiger partial charge in [-0.15, -0.1) is 0 Å². The monoisotopic (exact) mass is 375 g/mol. The summed E-state index contributed by atoms with van der Waals surface area (Å²) >= 11 is 0. The molecule has 1 aromatic heterocycles. The first-order valence-corrected chi connectivity index (χ1v) is 9.98. The summed E-state index contributed by atoms with van der Waals surface area (Å²) in [4.78, 5) is 20.9. The highest BCUT2D eigenvalue weighted by Crippen LogP contribution is 2.26. The predicted molar refractivity (Wildman–Crippen MR) is 110 cm³/mol. The molecule has 2 aliphatic heterocycles. The molecule has 1 N–H and O–H groups in total. The fraction of sp³-hybridized carbons (Fsp3) is 0.348. The highest BCUT2D eigenvalue weighted by Gasteiger charge is 2.32. The molecule has 0 aliphatic carbocycles. The van der Waals surface area contributed by atoms with Crippen molar-refractivity contribution in [3.63, 3.8) is 0 Å². The Hall–Kier alpha value is -2.79. The molecule has 2 aliphatic rings. The Morgan fingerprint density at radius 1 is 1.11 bits per heavy atom. The lowest BCUT2D eigenvalue weighted by atomic mass is 9.98. The second kappa shape index (κ2) is 6.99. The number of benzene rings is 2. The van der Waals surface area contributed by atoms with Crippen LogP contribution >= 0.6 is 0 Å². The molecule has 0 bridgehead atoms. The van der Waals surface area contributed by atoms with Crippen molar-refractivity contribution in [2.45, 2.75) is 25.4 Å². The van der Waals surface area contributed by atoms with Crippen molar-refractivity contribution in [1.82, 2.24) is 14.8 Å². The molecule has 1 unspecified atom stereocenters. The number of nitrogens with one attached hydrogen (secondary N) is 1. The molecule has 3 aromatic rings. The number of aromatic nitrogens is 1. The maximum Gasteiger partial charge on any atom is 0.270 e. The molecule has 1 fully saturated rings. The summed E-state index contributed by atoms with van der Waals surface area (Å²) in [5, 5.41) is 1.03. The summed E-state index contributed by atoms with van der Waals surface area (Å²) in [7, 11) is 1.65. The average molecular weight is 375 g/mol. The Morgan fingerprint density at radius 3 is 2.82 bits per heavy atom. The van der Waals surface area contributed by atoms with Crippen LogP contribution in [0, 0.1) is 0 Å². The van der Waals surface area contributed by atoms with E-state index in [2.05, 4.69) is 34.1 Å². The van der Waals surface area contributed by atoms with Crippen LogP contribution in [-0.2, 0) is 13.0 Å². The second-order valence-electron chi connectivity index (χ2n) is 7.82. The first kappa shape index (κ1) is 17.3. The summed E-state index contributed by atoms with van der Waals surface area (Å²) < 4.78 is 5.28. The van der Waals surface area contributed by atoms with Gasteiger partial charge in [-0.2, -0.15) is 0 Å². The van der Waals surface area contributed by atoms with E-state index in [0.717, 1.165) is 55.7 Å². The van der Waals surface area contributed by atoms with Gasteiger partial charge in [0.1, 0.15) is 11.4 Å². The van der Waals surface area contributed by atoms with E-state index in [1.54, 1.807) is 7.11 Å². The van der Waals surface area contributed by atoms with Crippen molar-refractivity contribution in [3.8, 4) is 5.75 Å². The third-order valence-corrected chi connectivity index (χ3v) is 6.19. The number of carbonyl (C=O) groups is 1. The van der Waals surface area contributed by atoms with E-state index in [1.807, 2.05) is 29.2 Å². The topological polar surface area (TPSA) is 48.6 Å². The maximum atomic E-state index is 13.0. The van der Waals surface area contributed by atoms with Crippen molar-refractivity contribution < 1.29 is 9.53 Å². The van der Waals surface area contributed by atoms with Crippen molar-refractivity contribution in [3.05, 3.63) is 65.4 Å². The minimum absolute atomic E-state index is 0.0927. The zero-order chi connectivity index (χ0) is 19.1. The Kier molecular flexibility index (Phi) is 4.32. The molecular weight excluding hydrogens is 350 g/mol. The summed E-state index contributed by atoms with van der Waals surface area (Å²) in [6, 6.07) is 17.0. The van der Waals surface area contributed by atoms with E-state index in [9.17, 15) is 4.79 Å². The van der Waals surface area contributed by atoms with Gasteiger partial charge in [-0.1, -0.05) is 24.3 Å². The molecule has 1 saturated heterocycles. The lowest BCUT2D eigenvalue weighted by molar-refractivity contribution is 0.0768. The van der Waals surface area contributed by atoms with Crippen LogP contribution < -0.4 is 4.74 Å². The molecule has 0 radical (unpaired) electrons. The minimum Gasteiger partial charge on any atom is -0.497 e. The number of rotatable bonds is 3. The van der Waals surface area contributed by atoms with Crippen molar-refractivity contribution in [2.75, 3.05) is 26.7 Å². The second-order valence-corrected chi connectivity index (χ2v) is 7.82. The Balaban J connectivity index is 1.29. The molecule has 0 saturated carbocycles. The van der Waals surface area contributed by atoms with Gasteiger partial charge in [0.25, 0.3) is 5.91 Å². The molecule has 5 heteroatoms. The van der Waals surface area contributed by atoms with Crippen LogP contribution in [0.1, 0.15) is 28.0 Å². The maximum absolute atomic E-state index is 13.0. The van der Waals surface area contributed by atoms with Crippen LogP contribution in [0.4, 0.5) is 0 Å².